The molecule has 0 N–H and O–H groups in total. The highest BCUT2D eigenvalue weighted by Gasteiger charge is 2.24. The highest BCUT2D eigenvalue weighted by Crippen LogP contribution is 2.24. The summed E-state index contributed by atoms with van der Waals surface area (Å²) < 4.78 is 0. The summed E-state index contributed by atoms with van der Waals surface area (Å²) in [4.78, 5) is 2.73. The largest absolute Gasteiger partial charge is 0.300 e. The fraction of sp³-hybridized carbons (Fsp3) is 1.00. The van der Waals surface area contributed by atoms with Crippen LogP contribution in [0.5, 0.6) is 0 Å². The van der Waals surface area contributed by atoms with E-state index in [2.05, 4.69) is 32.6 Å². The predicted molar refractivity (Wildman–Crippen MR) is 86.2 cm³/mol. The van der Waals surface area contributed by atoms with Gasteiger partial charge in [0.25, 0.3) is 0 Å². The summed E-state index contributed by atoms with van der Waals surface area (Å²) in [5, 5.41) is 0. The fourth-order valence-electron chi connectivity index (χ4n) is 2.65. The number of piperidine rings is 1. The summed E-state index contributed by atoms with van der Waals surface area (Å²) in [7, 11) is 0. The molecule has 1 heterocycles. The van der Waals surface area contributed by atoms with Crippen LogP contribution in [0.1, 0.15) is 81.1 Å². The molecule has 0 radical (unpaired) electrons. The van der Waals surface area contributed by atoms with Crippen molar-refractivity contribution in [3.05, 3.63) is 0 Å². The third-order valence-electron chi connectivity index (χ3n) is 4.01. The molecule has 0 bridgehead atoms. The van der Waals surface area contributed by atoms with Crippen LogP contribution in [0.2, 0.25) is 0 Å². The molecule has 18 heavy (non-hydrogen) atoms. The molecule has 1 rings (SSSR count). The molecule has 0 aromatic carbocycles. The fourth-order valence-corrected chi connectivity index (χ4v) is 2.65. The molecule has 0 aliphatic carbocycles. The topological polar surface area (TPSA) is 3.24 Å². The van der Waals surface area contributed by atoms with Crippen molar-refractivity contribution in [3.63, 3.8) is 0 Å². The molecule has 0 saturated carbocycles. The van der Waals surface area contributed by atoms with Gasteiger partial charge in [-0.1, -0.05) is 61.8 Å². The van der Waals surface area contributed by atoms with E-state index in [0.29, 0.717) is 0 Å². The van der Waals surface area contributed by atoms with Gasteiger partial charge in [-0.2, -0.15) is 0 Å². The van der Waals surface area contributed by atoms with Crippen molar-refractivity contribution in [1.29, 1.82) is 0 Å². The molecule has 2 unspecified atom stereocenters. The summed E-state index contributed by atoms with van der Waals surface area (Å²) in [5.41, 5.74) is 0. The van der Waals surface area contributed by atoms with Crippen LogP contribution in [0, 0.1) is 11.8 Å². The lowest BCUT2D eigenvalue weighted by Gasteiger charge is -2.39. The lowest BCUT2D eigenvalue weighted by molar-refractivity contribution is 0.0986. The van der Waals surface area contributed by atoms with Gasteiger partial charge in [-0.15, -0.1) is 0 Å². The average molecular weight is 258 g/mol. The van der Waals surface area contributed by atoms with E-state index in [1.54, 1.807) is 0 Å². The Morgan fingerprint density at radius 2 is 1.39 bits per heavy atom. The van der Waals surface area contributed by atoms with Crippen molar-refractivity contribution >= 4 is 0 Å². The van der Waals surface area contributed by atoms with Crippen molar-refractivity contribution in [1.82, 2.24) is 4.90 Å². The Bertz CT molecular complexity index is 148. The summed E-state index contributed by atoms with van der Waals surface area (Å²) >= 11 is 0. The van der Waals surface area contributed by atoms with Crippen LogP contribution in [0.3, 0.4) is 0 Å². The van der Waals surface area contributed by atoms with E-state index >= 15 is 0 Å². The van der Waals surface area contributed by atoms with Gasteiger partial charge in [-0.3, -0.25) is 0 Å². The zero-order valence-electron chi connectivity index (χ0n) is 14.4. The molecule has 0 aromatic heterocycles. The Hall–Kier alpha value is -0.0400. The maximum Gasteiger partial charge on any atom is 0.0118 e. The van der Waals surface area contributed by atoms with E-state index in [-0.39, 0.29) is 0 Å². The zero-order valence-corrected chi connectivity index (χ0v) is 14.4. The first-order valence-corrected chi connectivity index (χ1v) is 8.43. The smallest absolute Gasteiger partial charge is 0.0118 e. The number of likely N-dealkylation sites (tertiary alicyclic amines) is 1. The summed E-state index contributed by atoms with van der Waals surface area (Å²) in [6, 6.07) is 0.840. The molecule has 1 saturated heterocycles. The normalized spacial score (nSPS) is 20.0. The lowest BCUT2D eigenvalue weighted by atomic mass is 9.91. The van der Waals surface area contributed by atoms with Crippen molar-refractivity contribution in [2.75, 3.05) is 13.1 Å². The van der Waals surface area contributed by atoms with E-state index in [1.807, 2.05) is 27.7 Å². The van der Waals surface area contributed by atoms with Gasteiger partial charge in [0.15, 0.2) is 0 Å². The van der Waals surface area contributed by atoms with Gasteiger partial charge in [-0.05, 0) is 44.2 Å². The Labute approximate surface area is 117 Å². The molecular weight excluding hydrogens is 218 g/mol. The minimum atomic E-state index is 0.840. The van der Waals surface area contributed by atoms with Crippen LogP contribution in [-0.2, 0) is 0 Å². The number of nitrogens with zero attached hydrogens (tertiary/aromatic N) is 1. The second kappa shape index (κ2) is 13.4. The Kier molecular flexibility index (Phi) is 15.1. The zero-order chi connectivity index (χ0) is 14.6. The van der Waals surface area contributed by atoms with Gasteiger partial charge in [0.2, 0.25) is 0 Å². The van der Waals surface area contributed by atoms with Crippen LogP contribution in [-0.4, -0.2) is 24.0 Å². The van der Waals surface area contributed by atoms with Crippen molar-refractivity contribution in [2.45, 2.75) is 87.1 Å². The summed E-state index contributed by atoms with van der Waals surface area (Å²) in [5.74, 6) is 1.83. The van der Waals surface area contributed by atoms with Crippen LogP contribution >= 0.6 is 0 Å². The van der Waals surface area contributed by atoms with Gasteiger partial charge in [0.1, 0.15) is 0 Å². The first kappa shape index (κ1) is 20.3. The molecule has 112 valence electrons. The first-order valence-electron chi connectivity index (χ1n) is 8.43. The second-order valence-corrected chi connectivity index (χ2v) is 5.08. The van der Waals surface area contributed by atoms with Gasteiger partial charge in [0.05, 0.1) is 0 Å². The Balaban J connectivity index is 0. The molecule has 0 spiro atoms. The molecule has 2 atom stereocenters. The quantitative estimate of drug-likeness (QED) is 0.634. The molecule has 1 heteroatoms. The average Bonchev–Trinajstić information content (AvgIpc) is 2.46. The molecule has 0 aromatic rings. The maximum absolute atomic E-state index is 2.73. The molecule has 1 nitrogen and oxygen atoms in total. The highest BCUT2D eigenvalue weighted by atomic mass is 15.2. The van der Waals surface area contributed by atoms with E-state index in [9.17, 15) is 0 Å². The summed E-state index contributed by atoms with van der Waals surface area (Å²) in [6.45, 7) is 20.1. The second-order valence-electron chi connectivity index (χ2n) is 5.08. The molecule has 1 aliphatic rings. The standard InChI is InChI=1S/C13H27N.2C2H6/c1-5-12(4)13(6-2)14-9-7-11(3)8-10-14;2*1-2/h11-13H,5-10H2,1-4H3;2*1-2H3. The van der Waals surface area contributed by atoms with Crippen molar-refractivity contribution in [2.24, 2.45) is 11.8 Å². The van der Waals surface area contributed by atoms with Crippen molar-refractivity contribution < 1.29 is 0 Å². The molecule has 0 amide bonds. The number of rotatable bonds is 4. The van der Waals surface area contributed by atoms with E-state index in [0.717, 1.165) is 17.9 Å². The van der Waals surface area contributed by atoms with Crippen molar-refractivity contribution in [3.8, 4) is 0 Å². The summed E-state index contributed by atoms with van der Waals surface area (Å²) in [6.07, 6.45) is 5.47. The number of hydrogen-bond acceptors (Lipinski definition) is 1. The Morgan fingerprint density at radius 1 is 0.944 bits per heavy atom. The van der Waals surface area contributed by atoms with Gasteiger partial charge in [0, 0.05) is 6.04 Å². The maximum atomic E-state index is 2.73. The minimum absolute atomic E-state index is 0.840. The molecule has 1 fully saturated rings. The predicted octanol–water partition coefficient (Wildman–Crippen LogP) is 5.60. The van der Waals surface area contributed by atoms with Crippen LogP contribution in [0.4, 0.5) is 0 Å². The highest BCUT2D eigenvalue weighted by molar-refractivity contribution is 4.79. The van der Waals surface area contributed by atoms with Crippen LogP contribution < -0.4 is 0 Å². The molecule has 1 aliphatic heterocycles. The van der Waals surface area contributed by atoms with E-state index in [1.165, 1.54) is 38.8 Å². The molecular formula is C17H39N. The minimum Gasteiger partial charge on any atom is -0.300 e. The van der Waals surface area contributed by atoms with Gasteiger partial charge >= 0.3 is 0 Å². The van der Waals surface area contributed by atoms with E-state index in [4.69, 9.17) is 0 Å². The van der Waals surface area contributed by atoms with Crippen LogP contribution in [0.15, 0.2) is 0 Å². The monoisotopic (exact) mass is 257 g/mol. The first-order chi connectivity index (χ1) is 8.69. The SMILES string of the molecule is CC.CC.CCC(C)C(CC)N1CCC(C)CC1. The van der Waals surface area contributed by atoms with Gasteiger partial charge < -0.3 is 4.90 Å². The number of hydrogen-bond donors (Lipinski definition) is 0. The lowest BCUT2D eigenvalue weighted by Crippen LogP contribution is -2.43. The Morgan fingerprint density at radius 3 is 1.72 bits per heavy atom. The third-order valence-corrected chi connectivity index (χ3v) is 4.01. The van der Waals surface area contributed by atoms with E-state index < -0.39 is 0 Å². The van der Waals surface area contributed by atoms with Crippen LogP contribution in [0.25, 0.3) is 0 Å². The third kappa shape index (κ3) is 7.41. The van der Waals surface area contributed by atoms with Gasteiger partial charge in [-0.25, -0.2) is 0 Å².